The summed E-state index contributed by atoms with van der Waals surface area (Å²) >= 11 is 0. The molecule has 2 fully saturated rings. The highest BCUT2D eigenvalue weighted by Crippen LogP contribution is 2.48. The average Bonchev–Trinajstić information content (AvgIpc) is 2.67. The monoisotopic (exact) mass is 356 g/mol. The van der Waals surface area contributed by atoms with E-state index in [1.807, 2.05) is 0 Å². The minimum absolute atomic E-state index is 0. The number of carbonyl (C=O) groups is 1. The minimum Gasteiger partial charge on any atom is -0.350 e. The van der Waals surface area contributed by atoms with E-state index in [2.05, 4.69) is 34.5 Å². The Morgan fingerprint density at radius 3 is 2.58 bits per heavy atom. The van der Waals surface area contributed by atoms with E-state index in [4.69, 9.17) is 0 Å². The summed E-state index contributed by atoms with van der Waals surface area (Å²) in [5.74, 6) is 1.03. The number of benzene rings is 1. The van der Waals surface area contributed by atoms with Crippen LogP contribution in [-0.4, -0.2) is 30.4 Å². The van der Waals surface area contributed by atoms with Crippen LogP contribution in [0.4, 0.5) is 0 Å². The van der Waals surface area contributed by atoms with Crippen molar-refractivity contribution >= 4 is 5.91 Å². The molecule has 3 heteroatoms. The molecule has 1 spiro atoms. The Hall–Kier alpha value is -1.35. The van der Waals surface area contributed by atoms with Gasteiger partial charge in [-0.15, -0.1) is 0 Å². The smallest absolute Gasteiger partial charge is 0.217 e. The van der Waals surface area contributed by atoms with Crippen molar-refractivity contribution in [1.29, 1.82) is 0 Å². The lowest BCUT2D eigenvalue weighted by molar-refractivity contribution is -0.119. The van der Waals surface area contributed by atoms with Gasteiger partial charge in [-0.1, -0.05) is 43.5 Å². The normalized spacial score (nSPS) is 26.4. The van der Waals surface area contributed by atoms with Gasteiger partial charge >= 0.3 is 0 Å². The fourth-order valence-corrected chi connectivity index (χ4v) is 5.81. The predicted molar refractivity (Wildman–Crippen MR) is 108 cm³/mol. The van der Waals surface area contributed by atoms with E-state index in [1.165, 1.54) is 82.1 Å². The Balaban J connectivity index is 0.00000210. The van der Waals surface area contributed by atoms with Crippen LogP contribution < -0.4 is 5.32 Å². The van der Waals surface area contributed by atoms with E-state index in [1.54, 1.807) is 6.92 Å². The topological polar surface area (TPSA) is 32.3 Å². The van der Waals surface area contributed by atoms with Crippen molar-refractivity contribution in [2.75, 3.05) is 19.6 Å². The van der Waals surface area contributed by atoms with Gasteiger partial charge in [0.05, 0.1) is 6.04 Å². The molecule has 1 aromatic carbocycles. The SMILES string of the molecule is CC(=O)N[C@@H]1CCC2(CCN(CC3CCCCC3)CC2)c2ccccc21.[HH]. The lowest BCUT2D eigenvalue weighted by Gasteiger charge is -2.48. The summed E-state index contributed by atoms with van der Waals surface area (Å²) in [4.78, 5) is 14.3. The van der Waals surface area contributed by atoms with Crippen molar-refractivity contribution in [2.24, 2.45) is 5.92 Å². The van der Waals surface area contributed by atoms with Crippen LogP contribution in [0.5, 0.6) is 0 Å². The van der Waals surface area contributed by atoms with E-state index in [-0.39, 0.29) is 13.4 Å². The fraction of sp³-hybridized carbons (Fsp3) is 0.696. The molecule has 0 radical (unpaired) electrons. The summed E-state index contributed by atoms with van der Waals surface area (Å²) in [6.07, 6.45) is 12.1. The summed E-state index contributed by atoms with van der Waals surface area (Å²) in [6.45, 7) is 5.45. The molecule has 0 unspecified atom stereocenters. The molecule has 26 heavy (non-hydrogen) atoms. The van der Waals surface area contributed by atoms with Gasteiger partial charge in [0.1, 0.15) is 0 Å². The molecule has 3 nitrogen and oxygen atoms in total. The minimum atomic E-state index is 0. The van der Waals surface area contributed by atoms with E-state index < -0.39 is 0 Å². The number of nitrogens with one attached hydrogen (secondary N) is 1. The second-order valence-electron chi connectivity index (χ2n) is 8.96. The Morgan fingerprint density at radius 2 is 1.85 bits per heavy atom. The number of rotatable bonds is 3. The molecule has 1 saturated carbocycles. The number of nitrogens with zero attached hydrogens (tertiary/aromatic N) is 1. The standard InChI is InChI=1S/C23H34N2O.H2/c1-18(26)24-22-11-12-23(21-10-6-5-9-20(21)22)13-15-25(16-14-23)17-19-7-3-2-4-8-19;/h5-6,9-10,19,22H,2-4,7-8,11-17H2,1H3,(H,24,26);1H/t22-;/m1./s1. The Morgan fingerprint density at radius 1 is 1.12 bits per heavy atom. The van der Waals surface area contributed by atoms with Crippen LogP contribution in [0.1, 0.15) is 83.3 Å². The van der Waals surface area contributed by atoms with Crippen LogP contribution in [0.25, 0.3) is 0 Å². The zero-order valence-corrected chi connectivity index (χ0v) is 16.3. The van der Waals surface area contributed by atoms with Gasteiger partial charge in [-0.3, -0.25) is 4.79 Å². The first-order chi connectivity index (χ1) is 12.7. The first-order valence-corrected chi connectivity index (χ1v) is 10.8. The van der Waals surface area contributed by atoms with Crippen molar-refractivity contribution in [3.05, 3.63) is 35.4 Å². The number of likely N-dealkylation sites (tertiary alicyclic amines) is 1. The lowest BCUT2D eigenvalue weighted by Crippen LogP contribution is -2.47. The maximum atomic E-state index is 11.6. The molecule has 1 saturated heterocycles. The third-order valence-electron chi connectivity index (χ3n) is 7.25. The molecule has 3 aliphatic rings. The number of hydrogen-bond acceptors (Lipinski definition) is 2. The predicted octanol–water partition coefficient (Wildman–Crippen LogP) is 4.82. The molecular formula is C23H36N2O. The third-order valence-corrected chi connectivity index (χ3v) is 7.25. The molecule has 2 aliphatic carbocycles. The molecule has 1 aliphatic heterocycles. The van der Waals surface area contributed by atoms with Crippen molar-refractivity contribution in [2.45, 2.75) is 76.2 Å². The largest absolute Gasteiger partial charge is 0.350 e. The highest BCUT2D eigenvalue weighted by Gasteiger charge is 2.42. The molecular weight excluding hydrogens is 320 g/mol. The second-order valence-corrected chi connectivity index (χ2v) is 8.96. The van der Waals surface area contributed by atoms with Crippen LogP contribution in [0, 0.1) is 5.92 Å². The zero-order valence-electron chi connectivity index (χ0n) is 16.3. The van der Waals surface area contributed by atoms with E-state index in [0.29, 0.717) is 5.41 Å². The van der Waals surface area contributed by atoms with Gasteiger partial charge in [0, 0.05) is 14.9 Å². The maximum Gasteiger partial charge on any atom is 0.217 e. The maximum absolute atomic E-state index is 11.6. The highest BCUT2D eigenvalue weighted by molar-refractivity contribution is 5.73. The summed E-state index contributed by atoms with van der Waals surface area (Å²) < 4.78 is 0. The lowest BCUT2D eigenvalue weighted by atomic mass is 9.63. The molecule has 1 amide bonds. The van der Waals surface area contributed by atoms with Crippen molar-refractivity contribution in [3.63, 3.8) is 0 Å². The number of carbonyl (C=O) groups excluding carboxylic acids is 1. The zero-order chi connectivity index (χ0) is 18.0. The van der Waals surface area contributed by atoms with Gasteiger partial charge in [0.15, 0.2) is 0 Å². The number of hydrogen-bond donors (Lipinski definition) is 1. The summed E-state index contributed by atoms with van der Waals surface area (Å²) in [6, 6.07) is 9.09. The molecule has 0 aromatic heterocycles. The van der Waals surface area contributed by atoms with Crippen molar-refractivity contribution in [1.82, 2.24) is 10.2 Å². The Bertz CT molecular complexity index is 633. The first kappa shape index (κ1) is 18.0. The van der Waals surface area contributed by atoms with Crippen LogP contribution in [0.2, 0.25) is 0 Å². The van der Waals surface area contributed by atoms with Crippen LogP contribution in [0.3, 0.4) is 0 Å². The molecule has 1 heterocycles. The van der Waals surface area contributed by atoms with E-state index in [9.17, 15) is 4.79 Å². The summed E-state index contributed by atoms with van der Waals surface area (Å²) in [7, 11) is 0. The molecule has 1 atom stereocenters. The van der Waals surface area contributed by atoms with Crippen LogP contribution >= 0.6 is 0 Å². The third kappa shape index (κ3) is 3.69. The first-order valence-electron chi connectivity index (χ1n) is 10.8. The molecule has 0 bridgehead atoms. The van der Waals surface area contributed by atoms with Crippen molar-refractivity contribution < 1.29 is 6.22 Å². The van der Waals surface area contributed by atoms with E-state index >= 15 is 0 Å². The number of piperidine rings is 1. The quantitative estimate of drug-likeness (QED) is 0.842. The van der Waals surface area contributed by atoms with Crippen molar-refractivity contribution in [3.8, 4) is 0 Å². The molecule has 1 N–H and O–H groups in total. The van der Waals surface area contributed by atoms with Gasteiger partial charge in [0.2, 0.25) is 5.91 Å². The summed E-state index contributed by atoms with van der Waals surface area (Å²) in [5, 5.41) is 3.17. The average molecular weight is 357 g/mol. The second kappa shape index (κ2) is 7.72. The Labute approximate surface area is 160 Å². The van der Waals surface area contributed by atoms with Gasteiger partial charge in [-0.2, -0.15) is 0 Å². The molecule has 144 valence electrons. The van der Waals surface area contributed by atoms with Gasteiger partial charge < -0.3 is 10.2 Å². The fourth-order valence-electron chi connectivity index (χ4n) is 5.81. The number of amides is 1. The molecule has 1 aromatic rings. The van der Waals surface area contributed by atoms with Gasteiger partial charge in [0.25, 0.3) is 0 Å². The van der Waals surface area contributed by atoms with Crippen LogP contribution in [-0.2, 0) is 10.2 Å². The summed E-state index contributed by atoms with van der Waals surface area (Å²) in [5.41, 5.74) is 3.23. The molecule has 4 rings (SSSR count). The highest BCUT2D eigenvalue weighted by atomic mass is 16.1. The van der Waals surface area contributed by atoms with Gasteiger partial charge in [-0.25, -0.2) is 0 Å². The van der Waals surface area contributed by atoms with Crippen LogP contribution in [0.15, 0.2) is 24.3 Å². The number of fused-ring (bicyclic) bond motifs is 2. The Kier molecular flexibility index (Phi) is 5.35. The van der Waals surface area contributed by atoms with Gasteiger partial charge in [-0.05, 0) is 74.1 Å². The van der Waals surface area contributed by atoms with E-state index in [0.717, 1.165) is 12.3 Å².